The highest BCUT2D eigenvalue weighted by Gasteiger charge is 2.28. The molecule has 0 aliphatic heterocycles. The highest BCUT2D eigenvalue weighted by atomic mass is 32.1. The van der Waals surface area contributed by atoms with E-state index in [1.807, 2.05) is 31.3 Å². The summed E-state index contributed by atoms with van der Waals surface area (Å²) in [7, 11) is 0. The first kappa shape index (κ1) is 27.7. The van der Waals surface area contributed by atoms with Crippen LogP contribution in [0.25, 0.3) is 16.9 Å². The molecule has 4 aromatic rings. The summed E-state index contributed by atoms with van der Waals surface area (Å²) in [6.07, 6.45) is 7.23. The highest BCUT2D eigenvalue weighted by molar-refractivity contribution is 7.11. The zero-order valence-electron chi connectivity index (χ0n) is 22.7. The van der Waals surface area contributed by atoms with Crippen molar-refractivity contribution in [2.24, 2.45) is 0 Å². The number of rotatable bonds is 8. The van der Waals surface area contributed by atoms with Crippen molar-refractivity contribution in [3.63, 3.8) is 0 Å². The number of anilines is 1. The Hall–Kier alpha value is -3.88. The minimum atomic E-state index is -1.62. The van der Waals surface area contributed by atoms with E-state index >= 15 is 0 Å². The predicted molar refractivity (Wildman–Crippen MR) is 152 cm³/mol. The number of aryl methyl sites for hydroxylation is 1. The lowest BCUT2D eigenvalue weighted by Crippen LogP contribution is -2.42. The molecule has 1 amide bonds. The quantitative estimate of drug-likeness (QED) is 0.276. The van der Waals surface area contributed by atoms with Crippen molar-refractivity contribution in [3.05, 3.63) is 63.9 Å². The third kappa shape index (κ3) is 5.98. The monoisotopic (exact) mass is 561 g/mol. The molecule has 4 aromatic heterocycles. The SMILES string of the molecule is Cc1ncc(C2CCC(Nc3cc(-c4ccc5cc(C#N)cnn45)ncc3C(=O)NC[C@@H](F)C(C)(C)O)CC2)s1. The molecule has 0 spiro atoms. The summed E-state index contributed by atoms with van der Waals surface area (Å²) in [5.74, 6) is 0.0129. The lowest BCUT2D eigenvalue weighted by atomic mass is 9.85. The second-order valence-electron chi connectivity index (χ2n) is 10.8. The molecule has 1 fully saturated rings. The smallest absolute Gasteiger partial charge is 0.255 e. The number of carbonyl (C=O) groups is 1. The van der Waals surface area contributed by atoms with Crippen molar-refractivity contribution in [3.8, 4) is 17.5 Å². The van der Waals surface area contributed by atoms with Gasteiger partial charge in [0.2, 0.25) is 0 Å². The molecule has 11 heteroatoms. The van der Waals surface area contributed by atoms with Gasteiger partial charge in [-0.15, -0.1) is 11.3 Å². The molecule has 40 heavy (non-hydrogen) atoms. The molecule has 1 atom stereocenters. The van der Waals surface area contributed by atoms with Crippen molar-refractivity contribution in [2.45, 2.75) is 70.2 Å². The summed E-state index contributed by atoms with van der Waals surface area (Å²) >= 11 is 1.75. The average Bonchev–Trinajstić information content (AvgIpc) is 3.57. The van der Waals surface area contributed by atoms with Gasteiger partial charge in [-0.3, -0.25) is 9.78 Å². The fraction of sp³-hybridized carbons (Fsp3) is 0.414. The number of aliphatic hydroxyl groups is 1. The van der Waals surface area contributed by atoms with Crippen molar-refractivity contribution in [1.82, 2.24) is 24.9 Å². The van der Waals surface area contributed by atoms with Crippen LogP contribution in [-0.2, 0) is 0 Å². The van der Waals surface area contributed by atoms with Gasteiger partial charge in [0, 0.05) is 23.3 Å². The third-order valence-electron chi connectivity index (χ3n) is 7.38. The number of alkyl halides is 1. The van der Waals surface area contributed by atoms with E-state index < -0.39 is 17.7 Å². The first-order valence-electron chi connectivity index (χ1n) is 13.3. The van der Waals surface area contributed by atoms with Gasteiger partial charge in [0.15, 0.2) is 0 Å². The number of hydrogen-bond donors (Lipinski definition) is 3. The van der Waals surface area contributed by atoms with Gasteiger partial charge >= 0.3 is 0 Å². The zero-order chi connectivity index (χ0) is 28.4. The van der Waals surface area contributed by atoms with Gasteiger partial charge in [-0.1, -0.05) is 0 Å². The maximum atomic E-state index is 14.4. The van der Waals surface area contributed by atoms with E-state index in [1.54, 1.807) is 21.9 Å². The molecule has 0 bridgehead atoms. The van der Waals surface area contributed by atoms with Crippen LogP contribution in [0, 0.1) is 18.3 Å². The predicted octanol–water partition coefficient (Wildman–Crippen LogP) is 5.01. The van der Waals surface area contributed by atoms with Gasteiger partial charge in [0.05, 0.1) is 57.1 Å². The number of nitrogens with one attached hydrogen (secondary N) is 2. The number of nitriles is 1. The maximum Gasteiger partial charge on any atom is 0.255 e. The molecule has 9 nitrogen and oxygen atoms in total. The van der Waals surface area contributed by atoms with E-state index in [9.17, 15) is 19.6 Å². The van der Waals surface area contributed by atoms with Crippen molar-refractivity contribution in [1.29, 1.82) is 5.26 Å². The number of carbonyl (C=O) groups excluding carboxylic acids is 1. The minimum absolute atomic E-state index is 0.151. The van der Waals surface area contributed by atoms with Crippen LogP contribution >= 0.6 is 11.3 Å². The number of nitrogens with zero attached hydrogens (tertiary/aromatic N) is 5. The van der Waals surface area contributed by atoms with Crippen LogP contribution in [0.15, 0.2) is 42.9 Å². The van der Waals surface area contributed by atoms with Gasteiger partial charge in [-0.05, 0) is 76.6 Å². The van der Waals surface area contributed by atoms with Gasteiger partial charge in [-0.2, -0.15) is 10.4 Å². The maximum absolute atomic E-state index is 14.4. The summed E-state index contributed by atoms with van der Waals surface area (Å²) in [5.41, 5.74) is 1.86. The first-order valence-corrected chi connectivity index (χ1v) is 14.2. The Kier molecular flexibility index (Phi) is 7.83. The largest absolute Gasteiger partial charge is 0.387 e. The van der Waals surface area contributed by atoms with Crippen molar-refractivity contribution < 1.29 is 14.3 Å². The number of amides is 1. The minimum Gasteiger partial charge on any atom is -0.387 e. The number of fused-ring (bicyclic) bond motifs is 1. The Morgan fingerprint density at radius 1 is 1.23 bits per heavy atom. The standard InChI is InChI=1S/C29H32FN7O2S/c1-17-32-15-26(40-17)19-4-6-20(7-5-19)36-23-11-24(25-9-8-21-10-18(12-31)13-35-37(21)25)33-14-22(23)28(38)34-16-27(30)29(2,3)39/h8-11,13-15,19-20,27,39H,4-7,16H2,1-3H3,(H,33,36)(H,34,38)/t19?,20?,27-/m1/s1. The summed E-state index contributed by atoms with van der Waals surface area (Å²) in [6.45, 7) is 4.43. The molecule has 208 valence electrons. The number of halogens is 1. The van der Waals surface area contributed by atoms with E-state index in [1.165, 1.54) is 31.1 Å². The van der Waals surface area contributed by atoms with Crippen LogP contribution in [0.5, 0.6) is 0 Å². The van der Waals surface area contributed by atoms with Gasteiger partial charge in [0.25, 0.3) is 5.91 Å². The molecular weight excluding hydrogens is 529 g/mol. The van der Waals surface area contributed by atoms with E-state index in [4.69, 9.17) is 0 Å². The fourth-order valence-electron chi connectivity index (χ4n) is 4.99. The van der Waals surface area contributed by atoms with Crippen LogP contribution in [0.3, 0.4) is 0 Å². The number of thiazole rings is 1. The zero-order valence-corrected chi connectivity index (χ0v) is 23.5. The van der Waals surface area contributed by atoms with Crippen LogP contribution in [0.2, 0.25) is 0 Å². The molecule has 5 rings (SSSR count). The molecule has 4 heterocycles. The molecule has 1 saturated carbocycles. The summed E-state index contributed by atoms with van der Waals surface area (Å²) in [5, 5.41) is 30.8. The lowest BCUT2D eigenvalue weighted by molar-refractivity contribution is -0.00177. The Morgan fingerprint density at radius 2 is 2.00 bits per heavy atom. The van der Waals surface area contributed by atoms with Crippen LogP contribution in [0.1, 0.15) is 71.3 Å². The second-order valence-corrected chi connectivity index (χ2v) is 12.1. The van der Waals surface area contributed by atoms with E-state index in [0.29, 0.717) is 34.1 Å². The molecule has 0 saturated heterocycles. The summed E-state index contributed by atoms with van der Waals surface area (Å²) in [6, 6.07) is 9.54. The van der Waals surface area contributed by atoms with Crippen LogP contribution in [-0.4, -0.2) is 55.0 Å². The van der Waals surface area contributed by atoms with Gasteiger partial charge < -0.3 is 15.7 Å². The molecule has 0 radical (unpaired) electrons. The van der Waals surface area contributed by atoms with Gasteiger partial charge in [-0.25, -0.2) is 13.9 Å². The van der Waals surface area contributed by atoms with Crippen LogP contribution in [0.4, 0.5) is 10.1 Å². The summed E-state index contributed by atoms with van der Waals surface area (Å²) in [4.78, 5) is 23.4. The third-order valence-corrected chi connectivity index (χ3v) is 8.45. The molecule has 0 aromatic carbocycles. The molecule has 0 unspecified atom stereocenters. The molecule has 1 aliphatic carbocycles. The Bertz CT molecular complexity index is 1560. The Balaban J connectivity index is 1.40. The topological polar surface area (TPSA) is 128 Å². The molecule has 3 N–H and O–H groups in total. The molecule has 1 aliphatic rings. The highest BCUT2D eigenvalue weighted by Crippen LogP contribution is 2.37. The van der Waals surface area contributed by atoms with Crippen molar-refractivity contribution in [2.75, 3.05) is 11.9 Å². The second kappa shape index (κ2) is 11.3. The Labute approximate surface area is 236 Å². The fourth-order valence-corrected chi connectivity index (χ4v) is 5.94. The number of aromatic nitrogens is 4. The average molecular weight is 562 g/mol. The van der Waals surface area contributed by atoms with E-state index in [2.05, 4.69) is 31.8 Å². The Morgan fingerprint density at radius 3 is 2.67 bits per heavy atom. The van der Waals surface area contributed by atoms with E-state index in [-0.39, 0.29) is 12.6 Å². The number of hydrogen-bond acceptors (Lipinski definition) is 8. The summed E-state index contributed by atoms with van der Waals surface area (Å²) < 4.78 is 16.1. The lowest BCUT2D eigenvalue weighted by Gasteiger charge is -2.30. The van der Waals surface area contributed by atoms with Crippen LogP contribution < -0.4 is 10.6 Å². The van der Waals surface area contributed by atoms with E-state index in [0.717, 1.165) is 36.2 Å². The molecular formula is C29H32FN7O2S. The first-order chi connectivity index (χ1) is 19.1. The normalized spacial score (nSPS) is 18.3. The van der Waals surface area contributed by atoms with Crippen molar-refractivity contribution >= 4 is 28.4 Å². The van der Waals surface area contributed by atoms with Gasteiger partial charge in [0.1, 0.15) is 12.2 Å². The number of pyridine rings is 1.